The molecule has 0 aromatic heterocycles. The average Bonchev–Trinajstić information content (AvgIpc) is 2.81. The van der Waals surface area contributed by atoms with Crippen LogP contribution in [0.15, 0.2) is 63.7 Å². The molecule has 1 aliphatic rings. The zero-order valence-corrected chi connectivity index (χ0v) is 13.0. The lowest BCUT2D eigenvalue weighted by Gasteiger charge is -2.00. The van der Waals surface area contributed by atoms with Gasteiger partial charge in [-0.15, -0.1) is 0 Å². The number of hydrogen-bond donors (Lipinski definition) is 1. The number of carbonyl (C=O) groups is 1. The highest BCUT2D eigenvalue weighted by Crippen LogP contribution is 2.18. The van der Waals surface area contributed by atoms with Crippen molar-refractivity contribution in [2.75, 3.05) is 0 Å². The first-order chi connectivity index (χ1) is 10.1. The van der Waals surface area contributed by atoms with Crippen molar-refractivity contribution in [2.45, 2.75) is 6.92 Å². The minimum absolute atomic E-state index is 0.175. The predicted molar refractivity (Wildman–Crippen MR) is 88.0 cm³/mol. The van der Waals surface area contributed by atoms with Crippen LogP contribution in [0.25, 0.3) is 6.08 Å². The number of nitrogens with zero attached hydrogens (tertiary/aromatic N) is 1. The van der Waals surface area contributed by atoms with Crippen molar-refractivity contribution in [3.63, 3.8) is 0 Å². The number of rotatable bonds is 2. The number of amides is 1. The van der Waals surface area contributed by atoms with Crippen molar-refractivity contribution in [1.82, 2.24) is 5.32 Å². The Bertz CT molecular complexity index is 761. The Balaban J connectivity index is 1.93. The van der Waals surface area contributed by atoms with Crippen LogP contribution < -0.4 is 5.32 Å². The van der Waals surface area contributed by atoms with Gasteiger partial charge in [-0.3, -0.25) is 4.79 Å². The Kier molecular flexibility index (Phi) is 3.71. The van der Waals surface area contributed by atoms with Crippen LogP contribution in [0.5, 0.6) is 0 Å². The minimum atomic E-state index is -0.175. The number of amidine groups is 1. The van der Waals surface area contributed by atoms with E-state index in [1.165, 1.54) is 5.56 Å². The molecule has 1 heterocycles. The van der Waals surface area contributed by atoms with Gasteiger partial charge in [0.25, 0.3) is 5.91 Å². The summed E-state index contributed by atoms with van der Waals surface area (Å²) in [5, 5.41) is 2.81. The van der Waals surface area contributed by atoms with E-state index < -0.39 is 0 Å². The van der Waals surface area contributed by atoms with E-state index >= 15 is 0 Å². The Labute approximate surface area is 131 Å². The fraction of sp³-hybridized carbons (Fsp3) is 0.0588. The number of aliphatic imine (C=N–C) groups is 1. The van der Waals surface area contributed by atoms with E-state index in [9.17, 15) is 4.79 Å². The molecule has 104 valence electrons. The molecule has 0 saturated heterocycles. The molecule has 0 radical (unpaired) electrons. The topological polar surface area (TPSA) is 41.5 Å². The molecule has 3 rings (SSSR count). The van der Waals surface area contributed by atoms with Crippen molar-refractivity contribution >= 4 is 33.7 Å². The van der Waals surface area contributed by atoms with Crippen LogP contribution in [0.3, 0.4) is 0 Å². The highest BCUT2D eigenvalue weighted by Gasteiger charge is 2.20. The third-order valence-corrected chi connectivity index (χ3v) is 3.67. The molecule has 0 atom stereocenters. The Hall–Kier alpha value is -2.20. The van der Waals surface area contributed by atoms with E-state index in [4.69, 9.17) is 0 Å². The van der Waals surface area contributed by atoms with Crippen LogP contribution in [-0.4, -0.2) is 11.7 Å². The van der Waals surface area contributed by atoms with Gasteiger partial charge in [0.2, 0.25) is 0 Å². The van der Waals surface area contributed by atoms with E-state index in [1.54, 1.807) is 6.08 Å². The Morgan fingerprint density at radius 2 is 1.90 bits per heavy atom. The molecule has 1 N–H and O–H groups in total. The van der Waals surface area contributed by atoms with Crippen molar-refractivity contribution in [3.8, 4) is 0 Å². The van der Waals surface area contributed by atoms with E-state index in [2.05, 4.69) is 26.2 Å². The van der Waals surface area contributed by atoms with E-state index in [0.717, 1.165) is 15.6 Å². The van der Waals surface area contributed by atoms with Gasteiger partial charge in [0.15, 0.2) is 0 Å². The fourth-order valence-corrected chi connectivity index (χ4v) is 2.49. The number of benzene rings is 2. The lowest BCUT2D eigenvalue weighted by molar-refractivity contribution is -0.115. The van der Waals surface area contributed by atoms with Gasteiger partial charge in [0, 0.05) is 10.0 Å². The van der Waals surface area contributed by atoms with Crippen molar-refractivity contribution < 1.29 is 4.79 Å². The van der Waals surface area contributed by atoms with Crippen LogP contribution in [0.1, 0.15) is 16.7 Å². The second-order valence-electron chi connectivity index (χ2n) is 4.87. The quantitative estimate of drug-likeness (QED) is 0.832. The second-order valence-corrected chi connectivity index (χ2v) is 5.78. The second kappa shape index (κ2) is 5.66. The molecule has 4 heteroatoms. The Morgan fingerprint density at radius 1 is 1.14 bits per heavy atom. The molecule has 2 aromatic carbocycles. The van der Waals surface area contributed by atoms with E-state index in [0.29, 0.717) is 11.5 Å². The van der Waals surface area contributed by atoms with Gasteiger partial charge in [-0.05, 0) is 30.7 Å². The molecular weight excluding hydrogens is 328 g/mol. The summed E-state index contributed by atoms with van der Waals surface area (Å²) in [6, 6.07) is 15.7. The summed E-state index contributed by atoms with van der Waals surface area (Å²) in [4.78, 5) is 16.4. The van der Waals surface area contributed by atoms with Crippen LogP contribution >= 0.6 is 15.9 Å². The zero-order chi connectivity index (χ0) is 14.8. The maximum absolute atomic E-state index is 12.0. The molecule has 2 aromatic rings. The van der Waals surface area contributed by atoms with Gasteiger partial charge in [-0.2, -0.15) is 0 Å². The number of aryl methyl sites for hydroxylation is 1. The summed E-state index contributed by atoms with van der Waals surface area (Å²) in [5.41, 5.74) is 3.44. The lowest BCUT2D eigenvalue weighted by Crippen LogP contribution is -2.24. The van der Waals surface area contributed by atoms with Crippen molar-refractivity contribution in [1.29, 1.82) is 0 Å². The van der Waals surface area contributed by atoms with Crippen molar-refractivity contribution in [3.05, 3.63) is 75.4 Å². The number of halogens is 1. The smallest absolute Gasteiger partial charge is 0.275 e. The molecule has 0 spiro atoms. The SMILES string of the molecule is Cc1ccc(C2=N/C(=C/c3cccc(Br)c3)C(=O)N2)cc1. The van der Waals surface area contributed by atoms with Crippen molar-refractivity contribution in [2.24, 2.45) is 4.99 Å². The van der Waals surface area contributed by atoms with Gasteiger partial charge in [-0.25, -0.2) is 4.99 Å². The van der Waals surface area contributed by atoms with E-state index in [1.807, 2.05) is 55.5 Å². The molecule has 1 aliphatic heterocycles. The molecule has 0 unspecified atom stereocenters. The lowest BCUT2D eigenvalue weighted by atomic mass is 10.1. The van der Waals surface area contributed by atoms with Crippen LogP contribution in [-0.2, 0) is 4.79 Å². The molecule has 21 heavy (non-hydrogen) atoms. The number of hydrogen-bond acceptors (Lipinski definition) is 2. The van der Waals surface area contributed by atoms with Crippen LogP contribution in [0, 0.1) is 6.92 Å². The largest absolute Gasteiger partial charge is 0.305 e. The first-order valence-electron chi connectivity index (χ1n) is 6.56. The van der Waals surface area contributed by atoms with Gasteiger partial charge in [-0.1, -0.05) is 57.9 Å². The summed E-state index contributed by atoms with van der Waals surface area (Å²) in [6.07, 6.45) is 1.78. The average molecular weight is 341 g/mol. The van der Waals surface area contributed by atoms with Crippen LogP contribution in [0.2, 0.25) is 0 Å². The summed E-state index contributed by atoms with van der Waals surface area (Å²) >= 11 is 3.42. The molecule has 0 bridgehead atoms. The summed E-state index contributed by atoms with van der Waals surface area (Å²) in [6.45, 7) is 2.03. The molecule has 0 fully saturated rings. The fourth-order valence-electron chi connectivity index (χ4n) is 2.07. The maximum atomic E-state index is 12.0. The molecular formula is C17H13BrN2O. The standard InChI is InChI=1S/C17H13BrN2O/c1-11-5-7-13(8-6-11)16-19-15(17(21)20-16)10-12-3-2-4-14(18)9-12/h2-10H,1H3,(H,19,20,21)/b15-10+. The zero-order valence-electron chi connectivity index (χ0n) is 11.4. The van der Waals surface area contributed by atoms with Crippen LogP contribution in [0.4, 0.5) is 0 Å². The Morgan fingerprint density at radius 3 is 2.62 bits per heavy atom. The maximum Gasteiger partial charge on any atom is 0.275 e. The molecule has 0 aliphatic carbocycles. The van der Waals surface area contributed by atoms with Gasteiger partial charge in [0.05, 0.1) is 0 Å². The highest BCUT2D eigenvalue weighted by atomic mass is 79.9. The number of nitrogens with one attached hydrogen (secondary N) is 1. The first kappa shape index (κ1) is 13.8. The molecule has 3 nitrogen and oxygen atoms in total. The minimum Gasteiger partial charge on any atom is -0.305 e. The van der Waals surface area contributed by atoms with Gasteiger partial charge >= 0.3 is 0 Å². The predicted octanol–water partition coefficient (Wildman–Crippen LogP) is 3.68. The summed E-state index contributed by atoms with van der Waals surface area (Å²) < 4.78 is 0.970. The van der Waals surface area contributed by atoms with Gasteiger partial charge < -0.3 is 5.32 Å². The highest BCUT2D eigenvalue weighted by molar-refractivity contribution is 9.10. The summed E-state index contributed by atoms with van der Waals surface area (Å²) in [5.74, 6) is 0.423. The number of carbonyl (C=O) groups excluding carboxylic acids is 1. The third-order valence-electron chi connectivity index (χ3n) is 3.17. The monoisotopic (exact) mass is 340 g/mol. The first-order valence-corrected chi connectivity index (χ1v) is 7.35. The third kappa shape index (κ3) is 3.11. The summed E-state index contributed by atoms with van der Waals surface area (Å²) in [7, 11) is 0. The molecule has 0 saturated carbocycles. The molecule has 1 amide bonds. The van der Waals surface area contributed by atoms with E-state index in [-0.39, 0.29) is 5.91 Å². The normalized spacial score (nSPS) is 16.0. The van der Waals surface area contributed by atoms with Gasteiger partial charge in [0.1, 0.15) is 11.5 Å².